The Kier molecular flexibility index (Phi) is 4.66. The van der Waals surface area contributed by atoms with Gasteiger partial charge in [0.05, 0.1) is 0 Å². The minimum atomic E-state index is 0.789. The molecule has 0 N–H and O–H groups in total. The van der Waals surface area contributed by atoms with Gasteiger partial charge in [0.25, 0.3) is 0 Å². The summed E-state index contributed by atoms with van der Waals surface area (Å²) in [6.07, 6.45) is 2.52. The van der Waals surface area contributed by atoms with Crippen molar-refractivity contribution in [2.45, 2.75) is 19.8 Å². The number of aryl methyl sites for hydroxylation is 1. The van der Waals surface area contributed by atoms with Gasteiger partial charge in [-0.2, -0.15) is 4.98 Å². The predicted octanol–water partition coefficient (Wildman–Crippen LogP) is 3.37. The predicted molar refractivity (Wildman–Crippen MR) is 104 cm³/mol. The number of hydrogen-bond acceptors (Lipinski definition) is 5. The van der Waals surface area contributed by atoms with E-state index in [0.29, 0.717) is 0 Å². The third-order valence-electron chi connectivity index (χ3n) is 4.99. The lowest BCUT2D eigenvalue weighted by Gasteiger charge is -2.36. The van der Waals surface area contributed by atoms with Gasteiger partial charge in [0.1, 0.15) is 5.82 Å². The van der Waals surface area contributed by atoms with Gasteiger partial charge < -0.3 is 14.7 Å². The zero-order valence-corrected chi connectivity index (χ0v) is 15.4. The summed E-state index contributed by atoms with van der Waals surface area (Å²) in [5.74, 6) is 1.95. The fourth-order valence-corrected chi connectivity index (χ4v) is 3.81. The number of aromatic nitrogens is 2. The highest BCUT2D eigenvalue weighted by molar-refractivity contribution is 6.30. The van der Waals surface area contributed by atoms with E-state index in [1.807, 2.05) is 18.2 Å². The van der Waals surface area contributed by atoms with E-state index in [1.54, 1.807) is 0 Å². The number of benzene rings is 1. The third kappa shape index (κ3) is 3.66. The first-order valence-corrected chi connectivity index (χ1v) is 9.43. The molecule has 2 aliphatic heterocycles. The minimum absolute atomic E-state index is 0.789. The molecule has 3 heterocycles. The van der Waals surface area contributed by atoms with Crippen molar-refractivity contribution in [1.82, 2.24) is 9.97 Å². The summed E-state index contributed by atoms with van der Waals surface area (Å²) in [6.45, 7) is 8.04. The third-order valence-corrected chi connectivity index (χ3v) is 5.23. The van der Waals surface area contributed by atoms with E-state index in [-0.39, 0.29) is 0 Å². The molecule has 5 nitrogen and oxygen atoms in total. The Balaban J connectivity index is 1.47. The Morgan fingerprint density at radius 2 is 1.56 bits per heavy atom. The second-order valence-corrected chi connectivity index (χ2v) is 7.25. The van der Waals surface area contributed by atoms with Gasteiger partial charge in [0.15, 0.2) is 0 Å². The second-order valence-electron chi connectivity index (χ2n) is 6.82. The zero-order valence-electron chi connectivity index (χ0n) is 14.7. The topological polar surface area (TPSA) is 35.5 Å². The monoisotopic (exact) mass is 357 g/mol. The van der Waals surface area contributed by atoms with Crippen molar-refractivity contribution in [3.8, 4) is 0 Å². The van der Waals surface area contributed by atoms with Crippen molar-refractivity contribution in [2.24, 2.45) is 0 Å². The van der Waals surface area contributed by atoms with E-state index in [1.165, 1.54) is 18.5 Å². The van der Waals surface area contributed by atoms with Crippen LogP contribution in [-0.4, -0.2) is 49.2 Å². The largest absolute Gasteiger partial charge is 0.368 e. The van der Waals surface area contributed by atoms with E-state index in [2.05, 4.69) is 38.7 Å². The molecule has 0 radical (unpaired) electrons. The lowest BCUT2D eigenvalue weighted by atomic mass is 10.2. The van der Waals surface area contributed by atoms with Crippen LogP contribution in [0.3, 0.4) is 0 Å². The molecule has 0 aliphatic carbocycles. The Labute approximate surface area is 154 Å². The highest BCUT2D eigenvalue weighted by Crippen LogP contribution is 2.24. The maximum absolute atomic E-state index is 6.12. The van der Waals surface area contributed by atoms with Crippen LogP contribution in [0.2, 0.25) is 5.02 Å². The Morgan fingerprint density at radius 3 is 2.28 bits per heavy atom. The first-order valence-electron chi connectivity index (χ1n) is 9.05. The smallest absolute Gasteiger partial charge is 0.227 e. The molecule has 0 atom stereocenters. The average molecular weight is 358 g/mol. The number of nitrogens with zero attached hydrogens (tertiary/aromatic N) is 5. The van der Waals surface area contributed by atoms with Crippen LogP contribution >= 0.6 is 11.6 Å². The van der Waals surface area contributed by atoms with Gasteiger partial charge in [-0.05, 0) is 38.0 Å². The number of anilines is 3. The summed E-state index contributed by atoms with van der Waals surface area (Å²) in [6, 6.07) is 10.2. The van der Waals surface area contributed by atoms with Crippen molar-refractivity contribution >= 4 is 29.1 Å². The molecular weight excluding hydrogens is 334 g/mol. The van der Waals surface area contributed by atoms with Crippen LogP contribution in [0.1, 0.15) is 18.5 Å². The number of rotatable bonds is 3. The minimum Gasteiger partial charge on any atom is -0.368 e. The summed E-state index contributed by atoms with van der Waals surface area (Å²) >= 11 is 6.12. The zero-order chi connectivity index (χ0) is 17.2. The molecule has 4 rings (SSSR count). The molecule has 2 saturated heterocycles. The van der Waals surface area contributed by atoms with Crippen molar-refractivity contribution < 1.29 is 0 Å². The fourth-order valence-electron chi connectivity index (χ4n) is 3.62. The molecule has 2 fully saturated rings. The molecule has 0 unspecified atom stereocenters. The Bertz CT molecular complexity index is 736. The van der Waals surface area contributed by atoms with E-state index in [9.17, 15) is 0 Å². The normalized spacial score (nSPS) is 18.1. The maximum atomic E-state index is 6.12. The first-order chi connectivity index (χ1) is 12.2. The lowest BCUT2D eigenvalue weighted by Crippen LogP contribution is -2.47. The quantitative estimate of drug-likeness (QED) is 0.841. The highest BCUT2D eigenvalue weighted by Gasteiger charge is 2.21. The van der Waals surface area contributed by atoms with Crippen LogP contribution in [-0.2, 0) is 0 Å². The molecular formula is C19H24ClN5. The average Bonchev–Trinajstić information content (AvgIpc) is 3.16. The number of halogens is 1. The fraction of sp³-hybridized carbons (Fsp3) is 0.474. The van der Waals surface area contributed by atoms with Gasteiger partial charge in [-0.3, -0.25) is 0 Å². The molecule has 0 saturated carbocycles. The van der Waals surface area contributed by atoms with Gasteiger partial charge in [-0.1, -0.05) is 17.7 Å². The Hall–Kier alpha value is -2.01. The van der Waals surface area contributed by atoms with E-state index >= 15 is 0 Å². The molecule has 2 aromatic rings. The first kappa shape index (κ1) is 16.5. The van der Waals surface area contributed by atoms with Gasteiger partial charge in [-0.25, -0.2) is 4.98 Å². The van der Waals surface area contributed by atoms with Gasteiger partial charge in [-0.15, -0.1) is 0 Å². The van der Waals surface area contributed by atoms with Crippen LogP contribution in [0, 0.1) is 6.92 Å². The van der Waals surface area contributed by atoms with Gasteiger partial charge in [0, 0.05) is 61.7 Å². The SMILES string of the molecule is Cc1cc(N2CCCC2)nc(N2CCN(c3cccc(Cl)c3)CC2)n1. The number of piperazine rings is 1. The van der Waals surface area contributed by atoms with Gasteiger partial charge >= 0.3 is 0 Å². The van der Waals surface area contributed by atoms with Gasteiger partial charge in [0.2, 0.25) is 5.95 Å². The second kappa shape index (κ2) is 7.08. The Morgan fingerprint density at radius 1 is 0.840 bits per heavy atom. The molecule has 0 spiro atoms. The van der Waals surface area contributed by atoms with Crippen molar-refractivity contribution in [2.75, 3.05) is 54.0 Å². The van der Waals surface area contributed by atoms with Crippen LogP contribution in [0.15, 0.2) is 30.3 Å². The van der Waals surface area contributed by atoms with E-state index < -0.39 is 0 Å². The lowest BCUT2D eigenvalue weighted by molar-refractivity contribution is 0.638. The van der Waals surface area contributed by atoms with Crippen LogP contribution in [0.4, 0.5) is 17.5 Å². The van der Waals surface area contributed by atoms with Crippen LogP contribution < -0.4 is 14.7 Å². The molecule has 0 amide bonds. The maximum Gasteiger partial charge on any atom is 0.227 e. The summed E-state index contributed by atoms with van der Waals surface area (Å²) in [5, 5.41) is 0.789. The molecule has 6 heteroatoms. The summed E-state index contributed by atoms with van der Waals surface area (Å²) in [5.41, 5.74) is 2.24. The van der Waals surface area contributed by atoms with Crippen molar-refractivity contribution in [3.05, 3.63) is 41.0 Å². The van der Waals surface area contributed by atoms with Crippen LogP contribution in [0.25, 0.3) is 0 Å². The highest BCUT2D eigenvalue weighted by atomic mass is 35.5. The van der Waals surface area contributed by atoms with Crippen molar-refractivity contribution in [1.29, 1.82) is 0 Å². The molecule has 1 aromatic heterocycles. The molecule has 132 valence electrons. The van der Waals surface area contributed by atoms with E-state index in [4.69, 9.17) is 16.6 Å². The van der Waals surface area contributed by atoms with Crippen molar-refractivity contribution in [3.63, 3.8) is 0 Å². The standard InChI is InChI=1S/C19H24ClN5/c1-15-13-18(24-7-2-3-8-24)22-19(21-15)25-11-9-23(10-12-25)17-6-4-5-16(20)14-17/h4-6,13-14H,2-3,7-12H2,1H3. The molecule has 0 bridgehead atoms. The summed E-state index contributed by atoms with van der Waals surface area (Å²) in [7, 11) is 0. The summed E-state index contributed by atoms with van der Waals surface area (Å²) in [4.78, 5) is 16.6. The molecule has 25 heavy (non-hydrogen) atoms. The summed E-state index contributed by atoms with van der Waals surface area (Å²) < 4.78 is 0. The molecule has 2 aliphatic rings. The number of hydrogen-bond donors (Lipinski definition) is 0. The molecule has 1 aromatic carbocycles. The van der Waals surface area contributed by atoms with Crippen LogP contribution in [0.5, 0.6) is 0 Å². The van der Waals surface area contributed by atoms with E-state index in [0.717, 1.165) is 61.8 Å².